The summed E-state index contributed by atoms with van der Waals surface area (Å²) in [5, 5.41) is 41.7. The van der Waals surface area contributed by atoms with Crippen LogP contribution in [0.5, 0.6) is 40.2 Å². The summed E-state index contributed by atoms with van der Waals surface area (Å²) < 4.78 is 22.3. The molecule has 3 aromatic carbocycles. The molecule has 1 saturated heterocycles. The minimum absolute atomic E-state index is 0.0116. The van der Waals surface area contributed by atoms with Crippen LogP contribution in [-0.4, -0.2) is 48.4 Å². The number of hydrogen-bond donors (Lipinski definition) is 4. The molecular formula is C26H26O8. The average Bonchev–Trinajstić information content (AvgIpc) is 3.39. The second-order valence-electron chi connectivity index (χ2n) is 8.59. The van der Waals surface area contributed by atoms with Crippen LogP contribution in [0.2, 0.25) is 0 Å². The number of fused-ring (bicyclic) bond motifs is 3. The fourth-order valence-electron chi connectivity index (χ4n) is 5.50. The van der Waals surface area contributed by atoms with E-state index in [9.17, 15) is 20.4 Å². The lowest BCUT2D eigenvalue weighted by Crippen LogP contribution is -2.13. The van der Waals surface area contributed by atoms with Gasteiger partial charge in [0.05, 0.1) is 34.0 Å². The van der Waals surface area contributed by atoms with Crippen LogP contribution in [0.1, 0.15) is 40.2 Å². The van der Waals surface area contributed by atoms with E-state index in [4.69, 9.17) is 18.9 Å². The summed E-state index contributed by atoms with van der Waals surface area (Å²) in [6.45, 7) is 0.392. The lowest BCUT2D eigenvalue weighted by atomic mass is 9.81. The highest BCUT2D eigenvalue weighted by atomic mass is 16.5. The highest BCUT2D eigenvalue weighted by Crippen LogP contribution is 2.62. The second-order valence-corrected chi connectivity index (χ2v) is 8.59. The molecule has 0 unspecified atom stereocenters. The van der Waals surface area contributed by atoms with Crippen LogP contribution in [0.15, 0.2) is 42.5 Å². The Morgan fingerprint density at radius 1 is 0.765 bits per heavy atom. The van der Waals surface area contributed by atoms with Crippen molar-refractivity contribution in [2.45, 2.75) is 17.9 Å². The van der Waals surface area contributed by atoms with Gasteiger partial charge in [-0.3, -0.25) is 0 Å². The van der Waals surface area contributed by atoms with Gasteiger partial charge >= 0.3 is 0 Å². The smallest absolute Gasteiger partial charge is 0.200 e. The first kappa shape index (κ1) is 22.0. The SMILES string of the molecule is COc1cc([C@H]2OC[C@@H]3[C@@H](c4cc(OC)c(O)c(OC)c4)c4c(O)cc(O)cc4[C@@H]32)ccc1O. The van der Waals surface area contributed by atoms with Gasteiger partial charge in [0.15, 0.2) is 23.0 Å². The molecule has 4 N–H and O–H groups in total. The van der Waals surface area contributed by atoms with E-state index in [1.807, 2.05) is 0 Å². The van der Waals surface area contributed by atoms with Crippen molar-refractivity contribution in [1.82, 2.24) is 0 Å². The van der Waals surface area contributed by atoms with Crippen molar-refractivity contribution >= 4 is 0 Å². The molecule has 1 fully saturated rings. The molecule has 0 bridgehead atoms. The predicted molar refractivity (Wildman–Crippen MR) is 122 cm³/mol. The van der Waals surface area contributed by atoms with Crippen LogP contribution in [0.4, 0.5) is 0 Å². The molecule has 4 atom stereocenters. The summed E-state index contributed by atoms with van der Waals surface area (Å²) in [5.74, 6) is 0.184. The normalized spacial score (nSPS) is 22.8. The molecule has 3 aromatic rings. The van der Waals surface area contributed by atoms with E-state index in [0.29, 0.717) is 17.9 Å². The monoisotopic (exact) mass is 466 g/mol. The number of hydrogen-bond acceptors (Lipinski definition) is 8. The molecule has 0 saturated carbocycles. The molecule has 0 spiro atoms. The molecule has 1 aliphatic heterocycles. The molecule has 178 valence electrons. The summed E-state index contributed by atoms with van der Waals surface area (Å²) >= 11 is 0. The van der Waals surface area contributed by atoms with E-state index in [1.54, 1.807) is 36.4 Å². The highest BCUT2D eigenvalue weighted by Gasteiger charge is 2.52. The van der Waals surface area contributed by atoms with Gasteiger partial charge < -0.3 is 39.4 Å². The van der Waals surface area contributed by atoms with E-state index in [-0.39, 0.29) is 58.4 Å². The minimum atomic E-state index is -0.384. The van der Waals surface area contributed by atoms with Gasteiger partial charge in [-0.05, 0) is 47.0 Å². The second kappa shape index (κ2) is 8.22. The third-order valence-electron chi connectivity index (χ3n) is 6.92. The molecule has 2 aliphatic rings. The Morgan fingerprint density at radius 2 is 1.41 bits per heavy atom. The lowest BCUT2D eigenvalue weighted by molar-refractivity contribution is 0.0988. The maximum absolute atomic E-state index is 10.9. The standard InChI is InChI=1S/C26H26O8/c1-31-19-6-12(4-5-17(19)28)26-23-15-9-14(27)10-18(29)24(15)22(16(23)11-34-26)13-7-20(32-2)25(30)21(8-13)33-3/h4-10,16,22-23,26-30H,11H2,1-3H3/t16-,22-,23+,26-/m1/s1. The Kier molecular flexibility index (Phi) is 5.32. The molecule has 8 heteroatoms. The first-order chi connectivity index (χ1) is 16.4. The number of methoxy groups -OCH3 is 3. The Morgan fingerprint density at radius 3 is 2.06 bits per heavy atom. The molecule has 0 radical (unpaired) electrons. The number of phenols is 4. The van der Waals surface area contributed by atoms with Crippen molar-refractivity contribution in [2.24, 2.45) is 5.92 Å². The van der Waals surface area contributed by atoms with Gasteiger partial charge in [-0.1, -0.05) is 6.07 Å². The van der Waals surface area contributed by atoms with Gasteiger partial charge in [-0.2, -0.15) is 0 Å². The zero-order valence-electron chi connectivity index (χ0n) is 19.0. The van der Waals surface area contributed by atoms with Crippen molar-refractivity contribution in [3.8, 4) is 40.2 Å². The number of benzene rings is 3. The summed E-state index contributed by atoms with van der Waals surface area (Å²) in [6, 6.07) is 11.6. The first-order valence-corrected chi connectivity index (χ1v) is 10.9. The van der Waals surface area contributed by atoms with Gasteiger partial charge in [0.2, 0.25) is 5.75 Å². The van der Waals surface area contributed by atoms with E-state index in [2.05, 4.69) is 0 Å². The number of phenolic OH excluding ortho intramolecular Hbond substituents is 4. The van der Waals surface area contributed by atoms with Gasteiger partial charge in [-0.25, -0.2) is 0 Å². The number of ether oxygens (including phenoxy) is 4. The summed E-state index contributed by atoms with van der Waals surface area (Å²) in [6.07, 6.45) is -0.384. The van der Waals surface area contributed by atoms with Crippen molar-refractivity contribution in [1.29, 1.82) is 0 Å². The van der Waals surface area contributed by atoms with Crippen molar-refractivity contribution in [3.05, 3.63) is 64.7 Å². The Hall–Kier alpha value is -3.78. The van der Waals surface area contributed by atoms with Gasteiger partial charge in [0.1, 0.15) is 11.5 Å². The third kappa shape index (κ3) is 3.25. The molecular weight excluding hydrogens is 440 g/mol. The Labute approximate surface area is 196 Å². The molecule has 8 nitrogen and oxygen atoms in total. The van der Waals surface area contributed by atoms with E-state index in [1.165, 1.54) is 27.4 Å². The number of aromatic hydroxyl groups is 4. The average molecular weight is 466 g/mol. The fraction of sp³-hybridized carbons (Fsp3) is 0.308. The summed E-state index contributed by atoms with van der Waals surface area (Å²) in [4.78, 5) is 0. The molecule has 0 aromatic heterocycles. The zero-order valence-corrected chi connectivity index (χ0v) is 19.0. The molecule has 34 heavy (non-hydrogen) atoms. The van der Waals surface area contributed by atoms with E-state index >= 15 is 0 Å². The van der Waals surface area contributed by atoms with Crippen molar-refractivity contribution in [3.63, 3.8) is 0 Å². The summed E-state index contributed by atoms with van der Waals surface area (Å²) in [7, 11) is 4.41. The van der Waals surface area contributed by atoms with Crippen molar-refractivity contribution in [2.75, 3.05) is 27.9 Å². The van der Waals surface area contributed by atoms with Crippen LogP contribution in [-0.2, 0) is 4.74 Å². The molecule has 0 amide bonds. The fourth-order valence-corrected chi connectivity index (χ4v) is 5.50. The van der Waals surface area contributed by atoms with E-state index in [0.717, 1.165) is 16.7 Å². The lowest BCUT2D eigenvalue weighted by Gasteiger charge is -2.22. The van der Waals surface area contributed by atoms with Crippen LogP contribution in [0.3, 0.4) is 0 Å². The largest absolute Gasteiger partial charge is 0.508 e. The Balaban J connectivity index is 1.67. The predicted octanol–water partition coefficient (Wildman–Crippen LogP) is 4.15. The molecule has 5 rings (SSSR count). The van der Waals surface area contributed by atoms with Crippen LogP contribution < -0.4 is 14.2 Å². The van der Waals surface area contributed by atoms with Gasteiger partial charge in [-0.15, -0.1) is 0 Å². The Bertz CT molecular complexity index is 1230. The van der Waals surface area contributed by atoms with Gasteiger partial charge in [0.25, 0.3) is 0 Å². The third-order valence-corrected chi connectivity index (χ3v) is 6.92. The first-order valence-electron chi connectivity index (χ1n) is 10.9. The van der Waals surface area contributed by atoms with Crippen LogP contribution >= 0.6 is 0 Å². The van der Waals surface area contributed by atoms with E-state index < -0.39 is 0 Å². The quantitative estimate of drug-likeness (QED) is 0.443. The minimum Gasteiger partial charge on any atom is -0.508 e. The topological polar surface area (TPSA) is 118 Å². The van der Waals surface area contributed by atoms with Crippen LogP contribution in [0, 0.1) is 5.92 Å². The zero-order chi connectivity index (χ0) is 24.1. The maximum Gasteiger partial charge on any atom is 0.200 e. The highest BCUT2D eigenvalue weighted by molar-refractivity contribution is 5.61. The van der Waals surface area contributed by atoms with Crippen molar-refractivity contribution < 1.29 is 39.4 Å². The van der Waals surface area contributed by atoms with Gasteiger partial charge in [0, 0.05) is 29.4 Å². The van der Waals surface area contributed by atoms with Crippen LogP contribution in [0.25, 0.3) is 0 Å². The molecule has 1 aliphatic carbocycles. The molecule has 1 heterocycles. The maximum atomic E-state index is 10.9. The summed E-state index contributed by atoms with van der Waals surface area (Å²) in [5.41, 5.74) is 3.08. The number of rotatable bonds is 5.